The quantitative estimate of drug-likeness (QED) is 0.903. The smallest absolute Gasteiger partial charge is 0.103 e. The molecular weight excluding hydrogens is 238 g/mol. The van der Waals surface area contributed by atoms with Gasteiger partial charge in [-0.15, -0.1) is 0 Å². The second-order valence-electron chi connectivity index (χ2n) is 5.13. The summed E-state index contributed by atoms with van der Waals surface area (Å²) in [6.45, 7) is 7.70. The van der Waals surface area contributed by atoms with E-state index in [0.29, 0.717) is 17.6 Å². The van der Waals surface area contributed by atoms with Crippen molar-refractivity contribution in [3.05, 3.63) is 23.0 Å². The fourth-order valence-electron chi connectivity index (χ4n) is 2.73. The third-order valence-electron chi connectivity index (χ3n) is 3.74. The van der Waals surface area contributed by atoms with E-state index in [4.69, 9.17) is 4.74 Å². The Kier molecular flexibility index (Phi) is 4.39. The lowest BCUT2D eigenvalue weighted by atomic mass is 9.99. The first-order chi connectivity index (χ1) is 9.15. The number of anilines is 1. The highest BCUT2D eigenvalue weighted by atomic mass is 16.5. The molecule has 1 aliphatic heterocycles. The second-order valence-corrected chi connectivity index (χ2v) is 5.13. The van der Waals surface area contributed by atoms with Gasteiger partial charge in [0.1, 0.15) is 6.07 Å². The van der Waals surface area contributed by atoms with Crippen molar-refractivity contribution in [2.45, 2.75) is 39.7 Å². The predicted molar refractivity (Wildman–Crippen MR) is 75.1 cm³/mol. The van der Waals surface area contributed by atoms with E-state index in [2.05, 4.69) is 23.3 Å². The minimum atomic E-state index is 0.349. The lowest BCUT2D eigenvalue weighted by Crippen LogP contribution is -2.23. The molecule has 2 heterocycles. The molecule has 1 aromatic rings. The topological polar surface area (TPSA) is 57.9 Å². The summed E-state index contributed by atoms with van der Waals surface area (Å²) in [5.41, 5.74) is 3.28. The van der Waals surface area contributed by atoms with Crippen LogP contribution in [-0.4, -0.2) is 24.2 Å². The Bertz CT molecular complexity index is 493. The Morgan fingerprint density at radius 1 is 1.53 bits per heavy atom. The van der Waals surface area contributed by atoms with Gasteiger partial charge in [-0.3, -0.25) is 4.98 Å². The van der Waals surface area contributed by atoms with Crippen molar-refractivity contribution in [3.63, 3.8) is 0 Å². The third kappa shape index (κ3) is 3.05. The van der Waals surface area contributed by atoms with Gasteiger partial charge in [0.2, 0.25) is 0 Å². The zero-order valence-electron chi connectivity index (χ0n) is 11.9. The Balaban J connectivity index is 2.09. The van der Waals surface area contributed by atoms with Crippen molar-refractivity contribution in [1.29, 1.82) is 5.26 Å². The average Bonchev–Trinajstić information content (AvgIpc) is 2.83. The second kappa shape index (κ2) is 6.03. The first-order valence-corrected chi connectivity index (χ1v) is 6.89. The Labute approximate surface area is 114 Å². The number of aryl methyl sites for hydroxylation is 2. The Morgan fingerprint density at radius 2 is 2.32 bits per heavy atom. The molecule has 0 aromatic carbocycles. The molecule has 0 amide bonds. The lowest BCUT2D eigenvalue weighted by Gasteiger charge is -2.19. The molecule has 1 aliphatic rings. The van der Waals surface area contributed by atoms with Crippen molar-refractivity contribution in [2.24, 2.45) is 5.92 Å². The van der Waals surface area contributed by atoms with Gasteiger partial charge in [0.05, 0.1) is 23.0 Å². The van der Waals surface area contributed by atoms with E-state index in [1.807, 2.05) is 19.9 Å². The number of rotatable bonds is 4. The van der Waals surface area contributed by atoms with Crippen LogP contribution < -0.4 is 5.32 Å². The van der Waals surface area contributed by atoms with Crippen LogP contribution in [0.15, 0.2) is 6.07 Å². The monoisotopic (exact) mass is 259 g/mol. The van der Waals surface area contributed by atoms with E-state index in [0.717, 1.165) is 43.1 Å². The maximum absolute atomic E-state index is 9.23. The van der Waals surface area contributed by atoms with Crippen LogP contribution in [0.4, 0.5) is 5.69 Å². The van der Waals surface area contributed by atoms with Crippen molar-refractivity contribution >= 4 is 5.69 Å². The zero-order valence-corrected chi connectivity index (χ0v) is 11.9. The molecule has 4 nitrogen and oxygen atoms in total. The Morgan fingerprint density at radius 3 is 3.00 bits per heavy atom. The number of nitrogens with zero attached hydrogens (tertiary/aromatic N) is 2. The van der Waals surface area contributed by atoms with Crippen LogP contribution in [0.2, 0.25) is 0 Å². The normalized spacial score (nSPS) is 22.2. The van der Waals surface area contributed by atoms with Gasteiger partial charge < -0.3 is 10.1 Å². The molecule has 0 bridgehead atoms. The molecule has 0 spiro atoms. The molecular formula is C15H21N3O. The highest BCUT2D eigenvalue weighted by Gasteiger charge is 2.26. The van der Waals surface area contributed by atoms with Gasteiger partial charge in [0.25, 0.3) is 0 Å². The van der Waals surface area contributed by atoms with Crippen LogP contribution in [0.3, 0.4) is 0 Å². The number of pyridine rings is 1. The summed E-state index contributed by atoms with van der Waals surface area (Å²) in [6.07, 6.45) is 2.49. The molecule has 2 unspecified atom stereocenters. The van der Waals surface area contributed by atoms with Gasteiger partial charge in [-0.1, -0.05) is 6.92 Å². The number of hydrogen-bond acceptors (Lipinski definition) is 4. The predicted octanol–water partition coefficient (Wildman–Crippen LogP) is 2.80. The molecule has 0 aliphatic carbocycles. The van der Waals surface area contributed by atoms with E-state index in [-0.39, 0.29) is 0 Å². The minimum Gasteiger partial charge on any atom is -0.383 e. The molecule has 1 saturated heterocycles. The summed E-state index contributed by atoms with van der Waals surface area (Å²) in [5.74, 6) is 0.533. The molecule has 2 atom stereocenters. The maximum atomic E-state index is 9.23. The number of nitriles is 1. The van der Waals surface area contributed by atoms with E-state index in [9.17, 15) is 5.26 Å². The van der Waals surface area contributed by atoms with Crippen molar-refractivity contribution in [1.82, 2.24) is 4.98 Å². The van der Waals surface area contributed by atoms with Crippen LogP contribution in [0.5, 0.6) is 0 Å². The maximum Gasteiger partial charge on any atom is 0.103 e. The largest absolute Gasteiger partial charge is 0.383 e. The SMILES string of the molecule is CCC1OCCC1CNc1cc(C)nc(C)c1C#N. The highest BCUT2D eigenvalue weighted by Crippen LogP contribution is 2.25. The van der Waals surface area contributed by atoms with Gasteiger partial charge >= 0.3 is 0 Å². The van der Waals surface area contributed by atoms with Crippen LogP contribution in [0, 0.1) is 31.1 Å². The van der Waals surface area contributed by atoms with Gasteiger partial charge in [-0.25, -0.2) is 0 Å². The molecule has 0 saturated carbocycles. The van der Waals surface area contributed by atoms with Crippen molar-refractivity contribution in [2.75, 3.05) is 18.5 Å². The molecule has 1 fully saturated rings. The standard InChI is InChI=1S/C15H21N3O/c1-4-15-12(5-6-19-15)9-17-14-7-10(2)18-11(3)13(14)8-16/h7,12,15H,4-6,9H2,1-3H3,(H,17,18). The van der Waals surface area contributed by atoms with Crippen molar-refractivity contribution < 1.29 is 4.74 Å². The fraction of sp³-hybridized carbons (Fsp3) is 0.600. The number of aromatic nitrogens is 1. The van der Waals surface area contributed by atoms with Crippen LogP contribution >= 0.6 is 0 Å². The molecule has 19 heavy (non-hydrogen) atoms. The summed E-state index contributed by atoms with van der Waals surface area (Å²) in [4.78, 5) is 4.33. The first kappa shape index (κ1) is 13.8. The van der Waals surface area contributed by atoms with E-state index < -0.39 is 0 Å². The number of hydrogen-bond donors (Lipinski definition) is 1. The third-order valence-corrected chi connectivity index (χ3v) is 3.74. The van der Waals surface area contributed by atoms with E-state index in [1.54, 1.807) is 0 Å². The Hall–Kier alpha value is -1.60. The molecule has 4 heteroatoms. The molecule has 1 aromatic heterocycles. The van der Waals surface area contributed by atoms with E-state index in [1.165, 1.54) is 0 Å². The average molecular weight is 259 g/mol. The summed E-state index contributed by atoms with van der Waals surface area (Å²) >= 11 is 0. The van der Waals surface area contributed by atoms with Crippen LogP contribution in [-0.2, 0) is 4.74 Å². The summed E-state index contributed by atoms with van der Waals surface area (Å²) in [7, 11) is 0. The summed E-state index contributed by atoms with van der Waals surface area (Å²) in [5, 5.41) is 12.6. The molecule has 0 radical (unpaired) electrons. The van der Waals surface area contributed by atoms with Gasteiger partial charge in [-0.2, -0.15) is 5.26 Å². The number of ether oxygens (including phenoxy) is 1. The number of nitrogens with one attached hydrogen (secondary N) is 1. The summed E-state index contributed by atoms with van der Waals surface area (Å²) in [6, 6.07) is 4.18. The zero-order chi connectivity index (χ0) is 13.8. The van der Waals surface area contributed by atoms with Crippen molar-refractivity contribution in [3.8, 4) is 6.07 Å². The van der Waals surface area contributed by atoms with Gasteiger partial charge in [-0.05, 0) is 32.8 Å². The highest BCUT2D eigenvalue weighted by molar-refractivity contribution is 5.59. The van der Waals surface area contributed by atoms with E-state index >= 15 is 0 Å². The first-order valence-electron chi connectivity index (χ1n) is 6.89. The molecule has 102 valence electrons. The van der Waals surface area contributed by atoms with Crippen LogP contribution in [0.1, 0.15) is 36.7 Å². The minimum absolute atomic E-state index is 0.349. The fourth-order valence-corrected chi connectivity index (χ4v) is 2.73. The summed E-state index contributed by atoms with van der Waals surface area (Å²) < 4.78 is 5.69. The van der Waals surface area contributed by atoms with Gasteiger partial charge in [0, 0.05) is 24.8 Å². The molecule has 2 rings (SSSR count). The molecule has 1 N–H and O–H groups in total. The van der Waals surface area contributed by atoms with Crippen LogP contribution in [0.25, 0.3) is 0 Å². The lowest BCUT2D eigenvalue weighted by molar-refractivity contribution is 0.0900. The van der Waals surface area contributed by atoms with Gasteiger partial charge in [0.15, 0.2) is 0 Å².